The molecule has 1 aliphatic rings. The Morgan fingerprint density at radius 3 is 2.77 bits per heavy atom. The number of amides is 1. The van der Waals surface area contributed by atoms with Gasteiger partial charge in [-0.1, -0.05) is 26.0 Å². The molecule has 74 valence electrons. The minimum Gasteiger partial charge on any atom is -0.369 e. The molecule has 0 spiro atoms. The quantitative estimate of drug-likeness (QED) is 0.655. The van der Waals surface area contributed by atoms with Gasteiger partial charge in [0.25, 0.3) is 0 Å². The summed E-state index contributed by atoms with van der Waals surface area (Å²) < 4.78 is 0. The molecule has 0 fully saturated rings. The Labute approximate surface area is 79.6 Å². The molecule has 0 aliphatic carbocycles. The molecule has 1 unspecified atom stereocenters. The maximum absolute atomic E-state index is 11.3. The van der Waals surface area contributed by atoms with Gasteiger partial charge in [-0.05, 0) is 13.0 Å². The Morgan fingerprint density at radius 1 is 1.62 bits per heavy atom. The number of likely N-dealkylation sites (N-methyl/N-ethyl adjacent to an activating group) is 1. The van der Waals surface area contributed by atoms with Gasteiger partial charge < -0.3 is 5.73 Å². The Balaban J connectivity index is 2.82. The van der Waals surface area contributed by atoms with Crippen LogP contribution in [0.4, 0.5) is 0 Å². The van der Waals surface area contributed by atoms with E-state index in [0.29, 0.717) is 0 Å². The summed E-state index contributed by atoms with van der Waals surface area (Å²) in [5, 5.41) is 0. The molecule has 3 heteroatoms. The van der Waals surface area contributed by atoms with Crippen LogP contribution in [0.2, 0.25) is 0 Å². The van der Waals surface area contributed by atoms with Gasteiger partial charge in [0.15, 0.2) is 0 Å². The summed E-state index contributed by atoms with van der Waals surface area (Å²) >= 11 is 0. The fraction of sp³-hybridized carbons (Fsp3) is 0.700. The van der Waals surface area contributed by atoms with Crippen LogP contribution in [0, 0.1) is 5.41 Å². The predicted molar refractivity (Wildman–Crippen MR) is 53.2 cm³/mol. The van der Waals surface area contributed by atoms with Crippen molar-refractivity contribution in [3.8, 4) is 0 Å². The van der Waals surface area contributed by atoms with Crippen molar-refractivity contribution >= 4 is 5.91 Å². The predicted octanol–water partition coefficient (Wildman–Crippen LogP) is 0.760. The lowest BCUT2D eigenvalue weighted by Gasteiger charge is -2.35. The molecule has 0 saturated heterocycles. The summed E-state index contributed by atoms with van der Waals surface area (Å²) in [5.74, 6) is -0.204. The van der Waals surface area contributed by atoms with Crippen LogP contribution in [0.25, 0.3) is 0 Å². The van der Waals surface area contributed by atoms with E-state index in [2.05, 4.69) is 11.8 Å². The highest BCUT2D eigenvalue weighted by molar-refractivity contribution is 5.83. The lowest BCUT2D eigenvalue weighted by atomic mass is 9.81. The van der Waals surface area contributed by atoms with Gasteiger partial charge in [0, 0.05) is 13.1 Å². The summed E-state index contributed by atoms with van der Waals surface area (Å²) in [6.45, 7) is 6.78. The summed E-state index contributed by atoms with van der Waals surface area (Å²) in [5.41, 5.74) is 4.99. The van der Waals surface area contributed by atoms with Crippen molar-refractivity contribution in [1.29, 1.82) is 0 Å². The number of hydrogen-bond acceptors (Lipinski definition) is 2. The normalized spacial score (nSPS) is 29.1. The van der Waals surface area contributed by atoms with Gasteiger partial charge in [-0.2, -0.15) is 0 Å². The first-order chi connectivity index (χ1) is 6.14. The standard InChI is InChI=1S/C10H18N2O/c1-3-10(9(11)13)6-5-7-12(4-2)8-10/h5-6H,3-4,7-8H2,1-2H3,(H2,11,13). The summed E-state index contributed by atoms with van der Waals surface area (Å²) in [7, 11) is 0. The van der Waals surface area contributed by atoms with E-state index in [4.69, 9.17) is 5.73 Å². The zero-order valence-electron chi connectivity index (χ0n) is 8.42. The average molecular weight is 182 g/mol. The summed E-state index contributed by atoms with van der Waals surface area (Å²) in [6.07, 6.45) is 4.80. The van der Waals surface area contributed by atoms with Crippen LogP contribution < -0.4 is 5.73 Å². The Bertz CT molecular complexity index is 225. The van der Waals surface area contributed by atoms with Gasteiger partial charge in [-0.3, -0.25) is 9.69 Å². The first-order valence-electron chi connectivity index (χ1n) is 4.84. The highest BCUT2D eigenvalue weighted by atomic mass is 16.1. The second kappa shape index (κ2) is 3.92. The van der Waals surface area contributed by atoms with Crippen LogP contribution in [0.15, 0.2) is 12.2 Å². The third kappa shape index (κ3) is 1.91. The molecule has 0 radical (unpaired) electrons. The van der Waals surface area contributed by atoms with E-state index in [9.17, 15) is 4.79 Å². The highest BCUT2D eigenvalue weighted by Gasteiger charge is 2.35. The van der Waals surface area contributed by atoms with E-state index in [1.54, 1.807) is 0 Å². The molecule has 0 aromatic heterocycles. The van der Waals surface area contributed by atoms with E-state index >= 15 is 0 Å². The third-order valence-electron chi connectivity index (χ3n) is 2.88. The molecule has 0 aromatic carbocycles. The number of primary amides is 1. The van der Waals surface area contributed by atoms with Crippen LogP contribution in [-0.4, -0.2) is 30.4 Å². The SMILES string of the molecule is CCN1CC=CC(CC)(C(N)=O)C1. The second-order valence-electron chi connectivity index (χ2n) is 3.60. The molecule has 1 amide bonds. The highest BCUT2D eigenvalue weighted by Crippen LogP contribution is 2.27. The van der Waals surface area contributed by atoms with Gasteiger partial charge in [-0.15, -0.1) is 0 Å². The van der Waals surface area contributed by atoms with Crippen molar-refractivity contribution in [2.75, 3.05) is 19.6 Å². The van der Waals surface area contributed by atoms with E-state index in [1.165, 1.54) is 0 Å². The fourth-order valence-electron chi connectivity index (χ4n) is 1.75. The topological polar surface area (TPSA) is 46.3 Å². The van der Waals surface area contributed by atoms with Gasteiger partial charge in [0.05, 0.1) is 5.41 Å². The van der Waals surface area contributed by atoms with Crippen LogP contribution in [0.5, 0.6) is 0 Å². The minimum atomic E-state index is -0.422. The van der Waals surface area contributed by atoms with Crippen molar-refractivity contribution in [2.24, 2.45) is 11.1 Å². The van der Waals surface area contributed by atoms with E-state index in [-0.39, 0.29) is 5.91 Å². The molecular weight excluding hydrogens is 164 g/mol. The van der Waals surface area contributed by atoms with E-state index in [1.807, 2.05) is 19.1 Å². The third-order valence-corrected chi connectivity index (χ3v) is 2.88. The lowest BCUT2D eigenvalue weighted by Crippen LogP contribution is -2.47. The molecule has 0 aromatic rings. The number of nitrogens with two attached hydrogens (primary N) is 1. The molecule has 13 heavy (non-hydrogen) atoms. The number of carbonyl (C=O) groups is 1. The van der Waals surface area contributed by atoms with Crippen LogP contribution in [-0.2, 0) is 4.79 Å². The molecule has 0 saturated carbocycles. The molecular formula is C10H18N2O. The maximum atomic E-state index is 11.3. The number of nitrogens with zero attached hydrogens (tertiary/aromatic N) is 1. The first kappa shape index (κ1) is 10.3. The summed E-state index contributed by atoms with van der Waals surface area (Å²) in [4.78, 5) is 13.5. The molecule has 2 N–H and O–H groups in total. The Kier molecular flexibility index (Phi) is 3.09. The summed E-state index contributed by atoms with van der Waals surface area (Å²) in [6, 6.07) is 0. The Hall–Kier alpha value is -0.830. The zero-order chi connectivity index (χ0) is 9.90. The van der Waals surface area contributed by atoms with E-state index < -0.39 is 5.41 Å². The minimum absolute atomic E-state index is 0.204. The average Bonchev–Trinajstić information content (AvgIpc) is 2.17. The van der Waals surface area contributed by atoms with Gasteiger partial charge in [-0.25, -0.2) is 0 Å². The molecule has 1 rings (SSSR count). The van der Waals surface area contributed by atoms with Crippen LogP contribution in [0.3, 0.4) is 0 Å². The van der Waals surface area contributed by atoms with Crippen molar-refractivity contribution in [2.45, 2.75) is 20.3 Å². The van der Waals surface area contributed by atoms with Crippen molar-refractivity contribution in [1.82, 2.24) is 4.90 Å². The first-order valence-corrected chi connectivity index (χ1v) is 4.84. The fourth-order valence-corrected chi connectivity index (χ4v) is 1.75. The van der Waals surface area contributed by atoms with Gasteiger partial charge in [0.2, 0.25) is 5.91 Å². The van der Waals surface area contributed by atoms with Crippen LogP contribution in [0.1, 0.15) is 20.3 Å². The molecule has 0 bridgehead atoms. The van der Waals surface area contributed by atoms with Crippen LogP contribution >= 0.6 is 0 Å². The largest absolute Gasteiger partial charge is 0.369 e. The number of carbonyl (C=O) groups excluding carboxylic acids is 1. The molecule has 3 nitrogen and oxygen atoms in total. The number of hydrogen-bond donors (Lipinski definition) is 1. The zero-order valence-corrected chi connectivity index (χ0v) is 8.42. The monoisotopic (exact) mass is 182 g/mol. The van der Waals surface area contributed by atoms with E-state index in [0.717, 1.165) is 26.1 Å². The molecule has 1 atom stereocenters. The second-order valence-corrected chi connectivity index (χ2v) is 3.60. The lowest BCUT2D eigenvalue weighted by molar-refractivity contribution is -0.126. The van der Waals surface area contributed by atoms with Crippen molar-refractivity contribution in [3.63, 3.8) is 0 Å². The smallest absolute Gasteiger partial charge is 0.228 e. The Morgan fingerprint density at radius 2 is 2.31 bits per heavy atom. The van der Waals surface area contributed by atoms with Crippen molar-refractivity contribution in [3.05, 3.63) is 12.2 Å². The molecule has 1 heterocycles. The number of rotatable bonds is 3. The van der Waals surface area contributed by atoms with Gasteiger partial charge >= 0.3 is 0 Å². The van der Waals surface area contributed by atoms with Crippen molar-refractivity contribution < 1.29 is 4.79 Å². The van der Waals surface area contributed by atoms with Gasteiger partial charge in [0.1, 0.15) is 0 Å². The maximum Gasteiger partial charge on any atom is 0.228 e. The molecule has 1 aliphatic heterocycles.